The number of benzene rings is 1. The van der Waals surface area contributed by atoms with Crippen molar-refractivity contribution in [2.24, 2.45) is 0 Å². The maximum atomic E-state index is 13.4. The van der Waals surface area contributed by atoms with E-state index in [9.17, 15) is 13.6 Å². The first-order valence-electron chi connectivity index (χ1n) is 8.50. The zero-order valence-electron chi connectivity index (χ0n) is 15.0. The third-order valence-electron chi connectivity index (χ3n) is 3.79. The summed E-state index contributed by atoms with van der Waals surface area (Å²) in [5, 5.41) is 2.73. The summed E-state index contributed by atoms with van der Waals surface area (Å²) in [7, 11) is 0. The van der Waals surface area contributed by atoms with Gasteiger partial charge < -0.3 is 14.8 Å². The molecule has 5 nitrogen and oxygen atoms in total. The molecule has 1 N–H and O–H groups in total. The van der Waals surface area contributed by atoms with Gasteiger partial charge in [-0.3, -0.25) is 4.90 Å². The van der Waals surface area contributed by atoms with Crippen LogP contribution in [-0.2, 0) is 9.47 Å². The molecule has 1 atom stereocenters. The molecule has 7 heteroatoms. The van der Waals surface area contributed by atoms with Crippen molar-refractivity contribution in [2.75, 3.05) is 32.8 Å². The largest absolute Gasteiger partial charge is 0.444 e. The Balaban J connectivity index is 1.74. The molecule has 0 bridgehead atoms. The Morgan fingerprint density at radius 2 is 2.12 bits per heavy atom. The van der Waals surface area contributed by atoms with Crippen molar-refractivity contribution in [1.82, 2.24) is 10.2 Å². The minimum atomic E-state index is -0.861. The van der Waals surface area contributed by atoms with Gasteiger partial charge in [-0.2, -0.15) is 0 Å². The second-order valence-electron chi connectivity index (χ2n) is 7.12. The third-order valence-corrected chi connectivity index (χ3v) is 3.79. The third kappa shape index (κ3) is 6.59. The number of carbonyl (C=O) groups excluding carboxylic acids is 1. The number of ether oxygens (including phenoxy) is 2. The average Bonchev–Trinajstić information content (AvgIpc) is 2.53. The second-order valence-corrected chi connectivity index (χ2v) is 7.12. The van der Waals surface area contributed by atoms with Crippen LogP contribution in [0.4, 0.5) is 13.6 Å². The molecule has 1 fully saturated rings. The first-order valence-corrected chi connectivity index (χ1v) is 8.50. The number of rotatable bonds is 5. The molecule has 1 amide bonds. The molecule has 0 unspecified atom stereocenters. The van der Waals surface area contributed by atoms with Crippen molar-refractivity contribution in [3.63, 3.8) is 0 Å². The number of alkyl carbamates (subject to hydrolysis) is 1. The van der Waals surface area contributed by atoms with Gasteiger partial charge in [0.05, 0.1) is 12.7 Å². The molecule has 1 heterocycles. The van der Waals surface area contributed by atoms with Gasteiger partial charge >= 0.3 is 6.09 Å². The lowest BCUT2D eigenvalue weighted by atomic mass is 10.1. The van der Waals surface area contributed by atoms with E-state index < -0.39 is 23.3 Å². The first-order chi connectivity index (χ1) is 11.7. The summed E-state index contributed by atoms with van der Waals surface area (Å²) in [5.74, 6) is -1.72. The topological polar surface area (TPSA) is 50.8 Å². The Bertz CT molecular complexity index is 590. The van der Waals surface area contributed by atoms with E-state index in [1.165, 1.54) is 6.07 Å². The Morgan fingerprint density at radius 1 is 1.36 bits per heavy atom. The highest BCUT2D eigenvalue weighted by molar-refractivity contribution is 5.67. The average molecular weight is 356 g/mol. The van der Waals surface area contributed by atoms with E-state index in [0.717, 1.165) is 25.6 Å². The first kappa shape index (κ1) is 19.6. The predicted octanol–water partition coefficient (Wildman–Crippen LogP) is 3.25. The van der Waals surface area contributed by atoms with Gasteiger partial charge in [-0.05, 0) is 44.9 Å². The summed E-state index contributed by atoms with van der Waals surface area (Å²) >= 11 is 0. The number of nitrogens with one attached hydrogen (secondary N) is 1. The van der Waals surface area contributed by atoms with Crippen LogP contribution in [0.1, 0.15) is 38.9 Å². The molecule has 1 aromatic carbocycles. The molecular formula is C18H26F2N2O3. The molecule has 1 aliphatic heterocycles. The standard InChI is InChI=1S/C18H26F2N2O3/c1-18(2,3)25-17(23)21-7-4-8-22-9-10-24-16(12-22)13-5-6-14(19)15(20)11-13/h5-6,11,16H,4,7-10,12H2,1-3H3,(H,21,23)/t16-/m0/s1. The molecule has 1 aliphatic rings. The van der Waals surface area contributed by atoms with E-state index in [1.807, 2.05) is 20.8 Å². The van der Waals surface area contributed by atoms with Crippen LogP contribution in [-0.4, -0.2) is 49.4 Å². The van der Waals surface area contributed by atoms with Gasteiger partial charge in [0, 0.05) is 26.2 Å². The summed E-state index contributed by atoms with van der Waals surface area (Å²) in [4.78, 5) is 13.8. The van der Waals surface area contributed by atoms with Gasteiger partial charge in [0.25, 0.3) is 0 Å². The van der Waals surface area contributed by atoms with E-state index in [4.69, 9.17) is 9.47 Å². The highest BCUT2D eigenvalue weighted by Crippen LogP contribution is 2.23. The fourth-order valence-corrected chi connectivity index (χ4v) is 2.63. The zero-order chi connectivity index (χ0) is 18.4. The molecular weight excluding hydrogens is 330 g/mol. The van der Waals surface area contributed by atoms with Crippen molar-refractivity contribution >= 4 is 6.09 Å². The number of halogens is 2. The molecule has 0 aromatic heterocycles. The lowest BCUT2D eigenvalue weighted by molar-refractivity contribution is -0.0304. The van der Waals surface area contributed by atoms with Gasteiger partial charge in [0.15, 0.2) is 11.6 Å². The van der Waals surface area contributed by atoms with Gasteiger partial charge in [-0.25, -0.2) is 13.6 Å². The van der Waals surface area contributed by atoms with Crippen LogP contribution >= 0.6 is 0 Å². The van der Waals surface area contributed by atoms with E-state index in [-0.39, 0.29) is 6.10 Å². The quantitative estimate of drug-likeness (QED) is 0.823. The van der Waals surface area contributed by atoms with E-state index in [1.54, 1.807) is 6.07 Å². The zero-order valence-corrected chi connectivity index (χ0v) is 15.0. The lowest BCUT2D eigenvalue weighted by Gasteiger charge is -2.33. The molecule has 1 aromatic rings. The van der Waals surface area contributed by atoms with Crippen LogP contribution in [0.2, 0.25) is 0 Å². The normalized spacial score (nSPS) is 18.8. The summed E-state index contributed by atoms with van der Waals surface area (Å²) in [6, 6.07) is 3.86. The maximum Gasteiger partial charge on any atom is 0.407 e. The Hall–Kier alpha value is -1.73. The molecule has 0 aliphatic carbocycles. The predicted molar refractivity (Wildman–Crippen MR) is 90.3 cm³/mol. The lowest BCUT2D eigenvalue weighted by Crippen LogP contribution is -2.40. The summed E-state index contributed by atoms with van der Waals surface area (Å²) < 4.78 is 37.3. The highest BCUT2D eigenvalue weighted by atomic mass is 19.2. The van der Waals surface area contributed by atoms with Gasteiger partial charge in [0.1, 0.15) is 5.60 Å². The van der Waals surface area contributed by atoms with Crippen molar-refractivity contribution in [2.45, 2.75) is 38.9 Å². The molecule has 25 heavy (non-hydrogen) atoms. The fraction of sp³-hybridized carbons (Fsp3) is 0.611. The number of hydrogen-bond acceptors (Lipinski definition) is 4. The van der Waals surface area contributed by atoms with Crippen molar-refractivity contribution in [1.29, 1.82) is 0 Å². The van der Waals surface area contributed by atoms with Crippen LogP contribution in [0.25, 0.3) is 0 Å². The van der Waals surface area contributed by atoms with Gasteiger partial charge in [-0.15, -0.1) is 0 Å². The summed E-state index contributed by atoms with van der Waals surface area (Å²) in [6.45, 7) is 8.66. The summed E-state index contributed by atoms with van der Waals surface area (Å²) in [6.07, 6.45) is 0.0702. The molecule has 140 valence electrons. The fourth-order valence-electron chi connectivity index (χ4n) is 2.63. The number of morpholine rings is 1. The number of amides is 1. The van der Waals surface area contributed by atoms with E-state index in [0.29, 0.717) is 25.3 Å². The van der Waals surface area contributed by atoms with Gasteiger partial charge in [-0.1, -0.05) is 6.07 Å². The minimum absolute atomic E-state index is 0.275. The van der Waals surface area contributed by atoms with E-state index in [2.05, 4.69) is 10.2 Å². The molecule has 1 saturated heterocycles. The monoisotopic (exact) mass is 356 g/mol. The van der Waals surface area contributed by atoms with Crippen molar-refractivity contribution in [3.8, 4) is 0 Å². The second kappa shape index (κ2) is 8.58. The Kier molecular flexibility index (Phi) is 6.72. The van der Waals surface area contributed by atoms with E-state index >= 15 is 0 Å². The molecule has 0 saturated carbocycles. The molecule has 2 rings (SSSR count). The highest BCUT2D eigenvalue weighted by Gasteiger charge is 2.22. The maximum absolute atomic E-state index is 13.4. The SMILES string of the molecule is CC(C)(C)OC(=O)NCCCN1CCO[C@H](c2ccc(F)c(F)c2)C1. The van der Waals surface area contributed by atoms with Gasteiger partial charge in [0.2, 0.25) is 0 Å². The van der Waals surface area contributed by atoms with Crippen LogP contribution in [0.15, 0.2) is 18.2 Å². The smallest absolute Gasteiger partial charge is 0.407 e. The number of hydrogen-bond donors (Lipinski definition) is 1. The van der Waals surface area contributed by atoms with Crippen LogP contribution in [0.3, 0.4) is 0 Å². The molecule has 0 radical (unpaired) electrons. The number of nitrogens with zero attached hydrogens (tertiary/aromatic N) is 1. The molecule has 0 spiro atoms. The summed E-state index contributed by atoms with van der Waals surface area (Å²) in [5.41, 5.74) is 0.127. The minimum Gasteiger partial charge on any atom is -0.444 e. The Morgan fingerprint density at radius 3 is 2.80 bits per heavy atom. The van der Waals surface area contributed by atoms with Crippen molar-refractivity contribution < 1.29 is 23.0 Å². The van der Waals surface area contributed by atoms with Crippen molar-refractivity contribution in [3.05, 3.63) is 35.4 Å². The Labute approximate surface area is 147 Å². The van der Waals surface area contributed by atoms with Crippen LogP contribution in [0.5, 0.6) is 0 Å². The number of carbonyl (C=O) groups is 1. The van der Waals surface area contributed by atoms with Crippen LogP contribution in [0, 0.1) is 11.6 Å². The van der Waals surface area contributed by atoms with Crippen LogP contribution < -0.4 is 5.32 Å².